The first kappa shape index (κ1) is 15.4. The second-order valence-electron chi connectivity index (χ2n) is 5.61. The van der Waals surface area contributed by atoms with Crippen molar-refractivity contribution in [3.05, 3.63) is 29.8 Å². The number of thioether (sulfide) groups is 1. The van der Waals surface area contributed by atoms with E-state index in [9.17, 15) is 4.79 Å². The van der Waals surface area contributed by atoms with Gasteiger partial charge in [-0.2, -0.15) is 0 Å². The van der Waals surface area contributed by atoms with Crippen LogP contribution in [0.4, 0.5) is 0 Å². The molecule has 1 saturated carbocycles. The minimum absolute atomic E-state index is 0.0864. The fourth-order valence-electron chi connectivity index (χ4n) is 2.67. The van der Waals surface area contributed by atoms with E-state index in [1.165, 1.54) is 36.1 Å². The van der Waals surface area contributed by atoms with Crippen LogP contribution in [0.15, 0.2) is 29.2 Å². The highest BCUT2D eigenvalue weighted by molar-refractivity contribution is 8.00. The molecule has 1 aliphatic carbocycles. The predicted molar refractivity (Wildman–Crippen MR) is 85.2 cm³/mol. The van der Waals surface area contributed by atoms with E-state index in [-0.39, 0.29) is 10.7 Å². The summed E-state index contributed by atoms with van der Waals surface area (Å²) in [5, 5.41) is 5.97. The monoisotopic (exact) mass is 292 g/mol. The molecule has 1 amide bonds. The standard InChI is InChI=1S/C16H24N2OS/c1-13-5-7-14(8-6-13)20-16(9-3-4-10-16)12-18-15(19)11-17-2/h5-8,17H,3-4,9-12H2,1-2H3,(H,18,19). The Morgan fingerprint density at radius 1 is 1.25 bits per heavy atom. The number of likely N-dealkylation sites (N-methyl/N-ethyl adjacent to an activating group) is 1. The summed E-state index contributed by atoms with van der Waals surface area (Å²) in [5.74, 6) is 0.0864. The summed E-state index contributed by atoms with van der Waals surface area (Å²) in [6.45, 7) is 3.27. The highest BCUT2D eigenvalue weighted by Gasteiger charge is 2.35. The van der Waals surface area contributed by atoms with Gasteiger partial charge in [0.2, 0.25) is 5.91 Å². The van der Waals surface area contributed by atoms with Gasteiger partial charge in [0.05, 0.1) is 6.54 Å². The van der Waals surface area contributed by atoms with Crippen LogP contribution >= 0.6 is 11.8 Å². The molecule has 1 fully saturated rings. The third-order valence-corrected chi connectivity index (χ3v) is 5.31. The number of amides is 1. The smallest absolute Gasteiger partial charge is 0.233 e. The largest absolute Gasteiger partial charge is 0.354 e. The second kappa shape index (κ2) is 7.14. The summed E-state index contributed by atoms with van der Waals surface area (Å²) in [6.07, 6.45) is 4.90. The molecule has 0 atom stereocenters. The van der Waals surface area contributed by atoms with Crippen LogP contribution in [0.2, 0.25) is 0 Å². The number of hydrogen-bond donors (Lipinski definition) is 2. The lowest BCUT2D eigenvalue weighted by Gasteiger charge is -2.28. The van der Waals surface area contributed by atoms with Crippen LogP contribution < -0.4 is 10.6 Å². The molecule has 1 aromatic carbocycles. The number of rotatable bonds is 6. The van der Waals surface area contributed by atoms with Gasteiger partial charge in [0.25, 0.3) is 0 Å². The van der Waals surface area contributed by atoms with E-state index in [0.29, 0.717) is 6.54 Å². The minimum Gasteiger partial charge on any atom is -0.354 e. The maximum Gasteiger partial charge on any atom is 0.233 e. The van der Waals surface area contributed by atoms with Gasteiger partial charge < -0.3 is 10.6 Å². The molecule has 20 heavy (non-hydrogen) atoms. The highest BCUT2D eigenvalue weighted by atomic mass is 32.2. The Morgan fingerprint density at radius 2 is 1.90 bits per heavy atom. The van der Waals surface area contributed by atoms with Gasteiger partial charge in [-0.25, -0.2) is 0 Å². The second-order valence-corrected chi connectivity index (χ2v) is 7.15. The zero-order valence-electron chi connectivity index (χ0n) is 12.4. The van der Waals surface area contributed by atoms with Crippen molar-refractivity contribution in [2.75, 3.05) is 20.1 Å². The molecule has 0 aliphatic heterocycles. The topological polar surface area (TPSA) is 41.1 Å². The summed E-state index contributed by atoms with van der Waals surface area (Å²) < 4.78 is 0.179. The zero-order chi connectivity index (χ0) is 14.4. The molecule has 0 saturated heterocycles. The normalized spacial score (nSPS) is 17.1. The van der Waals surface area contributed by atoms with Gasteiger partial charge in [-0.3, -0.25) is 4.79 Å². The summed E-state index contributed by atoms with van der Waals surface area (Å²) in [5.41, 5.74) is 1.29. The number of hydrogen-bond acceptors (Lipinski definition) is 3. The van der Waals surface area contributed by atoms with Crippen LogP contribution in [-0.4, -0.2) is 30.8 Å². The summed E-state index contributed by atoms with van der Waals surface area (Å²) in [7, 11) is 1.80. The number of carbonyl (C=O) groups is 1. The van der Waals surface area contributed by atoms with E-state index in [1.54, 1.807) is 7.05 Å². The Balaban J connectivity index is 1.98. The van der Waals surface area contributed by atoms with Gasteiger partial charge in [-0.1, -0.05) is 30.5 Å². The number of benzene rings is 1. The van der Waals surface area contributed by atoms with Crippen LogP contribution in [0.25, 0.3) is 0 Å². The highest BCUT2D eigenvalue weighted by Crippen LogP contribution is 2.44. The van der Waals surface area contributed by atoms with Crippen molar-refractivity contribution in [2.24, 2.45) is 0 Å². The number of nitrogens with one attached hydrogen (secondary N) is 2. The van der Waals surface area contributed by atoms with Crippen LogP contribution in [-0.2, 0) is 4.79 Å². The molecule has 4 heteroatoms. The van der Waals surface area contributed by atoms with Gasteiger partial charge in [0, 0.05) is 16.2 Å². The van der Waals surface area contributed by atoms with Crippen LogP contribution in [0.5, 0.6) is 0 Å². The lowest BCUT2D eigenvalue weighted by atomic mass is 10.1. The van der Waals surface area contributed by atoms with E-state index in [0.717, 1.165) is 6.54 Å². The molecular formula is C16H24N2OS. The molecule has 0 heterocycles. The zero-order valence-corrected chi connectivity index (χ0v) is 13.2. The van der Waals surface area contributed by atoms with Gasteiger partial charge in [0.15, 0.2) is 0 Å². The van der Waals surface area contributed by atoms with E-state index in [2.05, 4.69) is 41.8 Å². The average Bonchev–Trinajstić information content (AvgIpc) is 2.89. The minimum atomic E-state index is 0.0864. The van der Waals surface area contributed by atoms with Crippen molar-refractivity contribution >= 4 is 17.7 Å². The van der Waals surface area contributed by atoms with Crippen molar-refractivity contribution in [2.45, 2.75) is 42.2 Å². The first-order valence-corrected chi connectivity index (χ1v) is 8.12. The molecular weight excluding hydrogens is 268 g/mol. The fourth-order valence-corrected chi connectivity index (χ4v) is 4.08. The SMILES string of the molecule is CNCC(=O)NCC1(Sc2ccc(C)cc2)CCCC1. The van der Waals surface area contributed by atoms with Crippen LogP contribution in [0.3, 0.4) is 0 Å². The molecule has 0 unspecified atom stereocenters. The van der Waals surface area contributed by atoms with E-state index >= 15 is 0 Å². The summed E-state index contributed by atoms with van der Waals surface area (Å²) >= 11 is 1.93. The summed E-state index contributed by atoms with van der Waals surface area (Å²) in [4.78, 5) is 13.0. The average molecular weight is 292 g/mol. The van der Waals surface area contributed by atoms with Crippen molar-refractivity contribution < 1.29 is 4.79 Å². The van der Waals surface area contributed by atoms with Gasteiger partial charge in [0.1, 0.15) is 0 Å². The van der Waals surface area contributed by atoms with Crippen molar-refractivity contribution in [3.63, 3.8) is 0 Å². The van der Waals surface area contributed by atoms with E-state index in [4.69, 9.17) is 0 Å². The number of aryl methyl sites for hydroxylation is 1. The van der Waals surface area contributed by atoms with E-state index < -0.39 is 0 Å². The maximum absolute atomic E-state index is 11.7. The molecule has 0 radical (unpaired) electrons. The first-order valence-electron chi connectivity index (χ1n) is 7.31. The Hall–Kier alpha value is -1.00. The van der Waals surface area contributed by atoms with Crippen LogP contribution in [0, 0.1) is 6.92 Å². The van der Waals surface area contributed by atoms with Gasteiger partial charge in [-0.05, 0) is 38.9 Å². The van der Waals surface area contributed by atoms with E-state index in [1.807, 2.05) is 11.8 Å². The Bertz CT molecular complexity index is 438. The van der Waals surface area contributed by atoms with Gasteiger partial charge >= 0.3 is 0 Å². The third-order valence-electron chi connectivity index (χ3n) is 3.82. The van der Waals surface area contributed by atoms with Crippen LogP contribution in [0.1, 0.15) is 31.2 Å². The Labute approximate surface area is 125 Å². The molecule has 2 rings (SSSR count). The maximum atomic E-state index is 11.7. The molecule has 110 valence electrons. The van der Waals surface area contributed by atoms with Crippen molar-refractivity contribution in [1.82, 2.24) is 10.6 Å². The first-order chi connectivity index (χ1) is 9.63. The van der Waals surface area contributed by atoms with Crippen molar-refractivity contribution in [1.29, 1.82) is 0 Å². The molecule has 1 aromatic rings. The van der Waals surface area contributed by atoms with Crippen molar-refractivity contribution in [3.8, 4) is 0 Å². The Morgan fingerprint density at radius 3 is 2.50 bits per heavy atom. The molecule has 0 aromatic heterocycles. The lowest BCUT2D eigenvalue weighted by molar-refractivity contribution is -0.120. The molecule has 3 nitrogen and oxygen atoms in total. The van der Waals surface area contributed by atoms with Gasteiger partial charge in [-0.15, -0.1) is 11.8 Å². The molecule has 1 aliphatic rings. The quantitative estimate of drug-likeness (QED) is 0.847. The lowest BCUT2D eigenvalue weighted by Crippen LogP contribution is -2.41. The molecule has 0 bridgehead atoms. The Kier molecular flexibility index (Phi) is 5.49. The number of carbonyl (C=O) groups excluding carboxylic acids is 1. The molecule has 0 spiro atoms. The third kappa shape index (κ3) is 4.25. The predicted octanol–water partition coefficient (Wildman–Crippen LogP) is 2.74. The fraction of sp³-hybridized carbons (Fsp3) is 0.562. The summed E-state index contributed by atoms with van der Waals surface area (Å²) in [6, 6.07) is 8.69. The molecule has 2 N–H and O–H groups in total.